The molecule has 1 aromatic carbocycles. The van der Waals surface area contributed by atoms with Crippen LogP contribution in [0, 0.1) is 0 Å². The van der Waals surface area contributed by atoms with Gasteiger partial charge in [-0.15, -0.1) is 0 Å². The number of ether oxygens (including phenoxy) is 2. The summed E-state index contributed by atoms with van der Waals surface area (Å²) in [5, 5.41) is 3.37. The molecular formula is C15H24N2O2. The monoisotopic (exact) mass is 264 g/mol. The van der Waals surface area contributed by atoms with Crippen molar-refractivity contribution in [2.75, 3.05) is 51.4 Å². The molecule has 0 aromatic heterocycles. The maximum absolute atomic E-state index is 5.79. The maximum Gasteiger partial charge on any atom is 0.121 e. The fourth-order valence-electron chi connectivity index (χ4n) is 2.23. The Labute approximate surface area is 115 Å². The van der Waals surface area contributed by atoms with Crippen molar-refractivity contribution < 1.29 is 9.47 Å². The van der Waals surface area contributed by atoms with Gasteiger partial charge in [0.2, 0.25) is 0 Å². The molecule has 1 fully saturated rings. The number of rotatable bonds is 7. The van der Waals surface area contributed by atoms with Crippen LogP contribution in [0.25, 0.3) is 0 Å². The zero-order valence-corrected chi connectivity index (χ0v) is 11.7. The summed E-state index contributed by atoms with van der Waals surface area (Å²) < 4.78 is 10.8. The molecule has 19 heavy (non-hydrogen) atoms. The van der Waals surface area contributed by atoms with E-state index in [1.165, 1.54) is 5.69 Å². The second kappa shape index (κ2) is 8.02. The standard InChI is InChI=1S/C15H24N2O2/c1-18-11-2-3-12-19-15-6-4-5-14(13-15)17-9-7-16-8-10-17/h4-6,13,16H,2-3,7-12H2,1H3. The average Bonchev–Trinajstić information content (AvgIpc) is 2.48. The predicted molar refractivity (Wildman–Crippen MR) is 78.1 cm³/mol. The maximum atomic E-state index is 5.79. The van der Waals surface area contributed by atoms with Crippen molar-refractivity contribution in [1.82, 2.24) is 5.32 Å². The van der Waals surface area contributed by atoms with Gasteiger partial charge in [0.15, 0.2) is 0 Å². The van der Waals surface area contributed by atoms with Gasteiger partial charge in [-0.05, 0) is 25.0 Å². The van der Waals surface area contributed by atoms with Gasteiger partial charge in [-0.2, -0.15) is 0 Å². The second-order valence-electron chi connectivity index (χ2n) is 4.78. The van der Waals surface area contributed by atoms with Crippen molar-refractivity contribution in [3.05, 3.63) is 24.3 Å². The number of benzene rings is 1. The molecule has 0 aliphatic carbocycles. The summed E-state index contributed by atoms with van der Waals surface area (Å²) in [6, 6.07) is 8.40. The van der Waals surface area contributed by atoms with E-state index in [2.05, 4.69) is 28.4 Å². The first-order valence-corrected chi connectivity index (χ1v) is 7.07. The van der Waals surface area contributed by atoms with Crippen LogP contribution in [0.3, 0.4) is 0 Å². The average molecular weight is 264 g/mol. The minimum atomic E-state index is 0.758. The van der Waals surface area contributed by atoms with Crippen LogP contribution in [0.4, 0.5) is 5.69 Å². The molecule has 0 spiro atoms. The molecule has 4 heteroatoms. The third kappa shape index (κ3) is 4.73. The molecule has 0 amide bonds. The van der Waals surface area contributed by atoms with Gasteiger partial charge >= 0.3 is 0 Å². The quantitative estimate of drug-likeness (QED) is 0.763. The molecule has 1 aromatic rings. The predicted octanol–water partition coefficient (Wildman–Crippen LogP) is 1.90. The number of nitrogens with zero attached hydrogens (tertiary/aromatic N) is 1. The second-order valence-corrected chi connectivity index (χ2v) is 4.78. The van der Waals surface area contributed by atoms with Crippen molar-refractivity contribution in [2.45, 2.75) is 12.8 Å². The highest BCUT2D eigenvalue weighted by atomic mass is 16.5. The van der Waals surface area contributed by atoms with Crippen LogP contribution in [-0.4, -0.2) is 46.5 Å². The Bertz CT molecular complexity index is 365. The zero-order valence-electron chi connectivity index (χ0n) is 11.7. The summed E-state index contributed by atoms with van der Waals surface area (Å²) in [6.07, 6.45) is 2.08. The van der Waals surface area contributed by atoms with Crippen LogP contribution in [0.1, 0.15) is 12.8 Å². The minimum Gasteiger partial charge on any atom is -0.494 e. The van der Waals surface area contributed by atoms with E-state index >= 15 is 0 Å². The van der Waals surface area contributed by atoms with Gasteiger partial charge in [0, 0.05) is 51.6 Å². The van der Waals surface area contributed by atoms with E-state index in [-0.39, 0.29) is 0 Å². The summed E-state index contributed by atoms with van der Waals surface area (Å²) in [7, 11) is 1.73. The lowest BCUT2D eigenvalue weighted by Gasteiger charge is -2.29. The number of hydrogen-bond donors (Lipinski definition) is 1. The molecule has 0 radical (unpaired) electrons. The van der Waals surface area contributed by atoms with Gasteiger partial charge in [0.05, 0.1) is 6.61 Å². The fourth-order valence-corrected chi connectivity index (χ4v) is 2.23. The largest absolute Gasteiger partial charge is 0.494 e. The Balaban J connectivity index is 1.81. The van der Waals surface area contributed by atoms with Crippen LogP contribution in [-0.2, 0) is 4.74 Å². The molecule has 4 nitrogen and oxygen atoms in total. The van der Waals surface area contributed by atoms with Gasteiger partial charge < -0.3 is 19.7 Å². The summed E-state index contributed by atoms with van der Waals surface area (Å²) in [4.78, 5) is 2.40. The number of hydrogen-bond acceptors (Lipinski definition) is 4. The molecular weight excluding hydrogens is 240 g/mol. The molecule has 1 N–H and O–H groups in total. The number of anilines is 1. The lowest BCUT2D eigenvalue weighted by Crippen LogP contribution is -2.43. The normalized spacial score (nSPS) is 15.5. The Morgan fingerprint density at radius 1 is 1.16 bits per heavy atom. The Morgan fingerprint density at radius 3 is 2.74 bits per heavy atom. The first-order chi connectivity index (χ1) is 9.40. The molecule has 1 saturated heterocycles. The highest BCUT2D eigenvalue weighted by Gasteiger charge is 2.10. The van der Waals surface area contributed by atoms with E-state index in [4.69, 9.17) is 9.47 Å². The molecule has 0 bridgehead atoms. The van der Waals surface area contributed by atoms with Crippen molar-refractivity contribution in [3.63, 3.8) is 0 Å². The van der Waals surface area contributed by atoms with Crippen molar-refractivity contribution in [3.8, 4) is 5.75 Å². The van der Waals surface area contributed by atoms with Gasteiger partial charge in [-0.25, -0.2) is 0 Å². The van der Waals surface area contributed by atoms with E-state index in [1.807, 2.05) is 6.07 Å². The van der Waals surface area contributed by atoms with Crippen molar-refractivity contribution in [1.29, 1.82) is 0 Å². The van der Waals surface area contributed by atoms with Crippen molar-refractivity contribution >= 4 is 5.69 Å². The number of piperazine rings is 1. The lowest BCUT2D eigenvalue weighted by molar-refractivity contribution is 0.184. The Kier molecular flexibility index (Phi) is 5.98. The third-order valence-electron chi connectivity index (χ3n) is 3.31. The van der Waals surface area contributed by atoms with E-state index in [0.717, 1.165) is 58.0 Å². The van der Waals surface area contributed by atoms with Crippen LogP contribution in [0.5, 0.6) is 5.75 Å². The molecule has 1 aliphatic heterocycles. The molecule has 106 valence electrons. The molecule has 2 rings (SSSR count). The van der Waals surface area contributed by atoms with E-state index in [0.29, 0.717) is 0 Å². The van der Waals surface area contributed by atoms with Gasteiger partial charge in [-0.1, -0.05) is 6.07 Å². The Hall–Kier alpha value is -1.26. The van der Waals surface area contributed by atoms with E-state index in [9.17, 15) is 0 Å². The molecule has 1 aliphatic rings. The zero-order chi connectivity index (χ0) is 13.3. The minimum absolute atomic E-state index is 0.758. The summed E-state index contributed by atoms with van der Waals surface area (Å²) in [5.74, 6) is 0.966. The summed E-state index contributed by atoms with van der Waals surface area (Å²) >= 11 is 0. The van der Waals surface area contributed by atoms with Gasteiger partial charge in [-0.3, -0.25) is 0 Å². The third-order valence-corrected chi connectivity index (χ3v) is 3.31. The fraction of sp³-hybridized carbons (Fsp3) is 0.600. The number of nitrogens with one attached hydrogen (secondary N) is 1. The van der Waals surface area contributed by atoms with Crippen molar-refractivity contribution in [2.24, 2.45) is 0 Å². The highest BCUT2D eigenvalue weighted by Crippen LogP contribution is 2.21. The van der Waals surface area contributed by atoms with Crippen LogP contribution in [0.2, 0.25) is 0 Å². The molecule has 0 atom stereocenters. The van der Waals surface area contributed by atoms with Crippen LogP contribution < -0.4 is 15.0 Å². The topological polar surface area (TPSA) is 33.7 Å². The molecule has 1 heterocycles. The summed E-state index contributed by atoms with van der Waals surface area (Å²) in [5.41, 5.74) is 1.26. The first-order valence-electron chi connectivity index (χ1n) is 7.07. The number of methoxy groups -OCH3 is 1. The SMILES string of the molecule is COCCCCOc1cccc(N2CCNCC2)c1. The van der Waals surface area contributed by atoms with Gasteiger partial charge in [0.1, 0.15) is 5.75 Å². The van der Waals surface area contributed by atoms with Gasteiger partial charge in [0.25, 0.3) is 0 Å². The summed E-state index contributed by atoms with van der Waals surface area (Å²) in [6.45, 7) is 5.82. The molecule has 0 unspecified atom stereocenters. The van der Waals surface area contributed by atoms with Crippen LogP contribution in [0.15, 0.2) is 24.3 Å². The smallest absolute Gasteiger partial charge is 0.121 e. The highest BCUT2D eigenvalue weighted by molar-refractivity contribution is 5.51. The molecule has 0 saturated carbocycles. The van der Waals surface area contributed by atoms with E-state index < -0.39 is 0 Å². The first kappa shape index (κ1) is 14.2. The van der Waals surface area contributed by atoms with E-state index in [1.54, 1.807) is 7.11 Å². The van der Waals surface area contributed by atoms with Crippen LogP contribution >= 0.6 is 0 Å². The Morgan fingerprint density at radius 2 is 1.95 bits per heavy atom. The number of unbranched alkanes of at least 4 members (excludes halogenated alkanes) is 1. The lowest BCUT2D eigenvalue weighted by atomic mass is 10.2.